The predicted molar refractivity (Wildman–Crippen MR) is 80.8 cm³/mol. The SMILES string of the molecule is Nc1cnc(Cl)c(C(=O)Nc2cccc(Cl)c2Br)c1. The minimum absolute atomic E-state index is 0.0878. The number of aromatic nitrogens is 1. The highest BCUT2D eigenvalue weighted by molar-refractivity contribution is 9.10. The fourth-order valence-corrected chi connectivity index (χ4v) is 2.14. The minimum Gasteiger partial charge on any atom is -0.397 e. The lowest BCUT2D eigenvalue weighted by atomic mass is 10.2. The van der Waals surface area contributed by atoms with Crippen molar-refractivity contribution in [3.63, 3.8) is 0 Å². The highest BCUT2D eigenvalue weighted by atomic mass is 79.9. The van der Waals surface area contributed by atoms with Crippen LogP contribution in [0.15, 0.2) is 34.9 Å². The lowest BCUT2D eigenvalue weighted by Crippen LogP contribution is -2.14. The molecule has 0 aliphatic rings. The molecule has 98 valence electrons. The number of halogens is 3. The lowest BCUT2D eigenvalue weighted by molar-refractivity contribution is 0.102. The van der Waals surface area contributed by atoms with Crippen LogP contribution in [0, 0.1) is 0 Å². The second kappa shape index (κ2) is 5.77. The van der Waals surface area contributed by atoms with Crippen LogP contribution in [0.25, 0.3) is 0 Å². The van der Waals surface area contributed by atoms with Crippen molar-refractivity contribution in [1.29, 1.82) is 0 Å². The summed E-state index contributed by atoms with van der Waals surface area (Å²) < 4.78 is 0.595. The molecule has 2 aromatic rings. The highest BCUT2D eigenvalue weighted by Gasteiger charge is 2.14. The van der Waals surface area contributed by atoms with E-state index in [1.807, 2.05) is 0 Å². The third-order valence-corrected chi connectivity index (χ3v) is 4.00. The van der Waals surface area contributed by atoms with E-state index in [1.165, 1.54) is 12.3 Å². The molecule has 1 aromatic heterocycles. The molecule has 4 nitrogen and oxygen atoms in total. The Morgan fingerprint density at radius 1 is 1.37 bits per heavy atom. The number of benzene rings is 1. The number of nitrogens with one attached hydrogen (secondary N) is 1. The van der Waals surface area contributed by atoms with Crippen LogP contribution in [0.2, 0.25) is 10.2 Å². The van der Waals surface area contributed by atoms with Gasteiger partial charge in [0.15, 0.2) is 0 Å². The van der Waals surface area contributed by atoms with Gasteiger partial charge in [-0.3, -0.25) is 4.79 Å². The van der Waals surface area contributed by atoms with Crippen molar-refractivity contribution in [2.24, 2.45) is 0 Å². The number of anilines is 2. The zero-order chi connectivity index (χ0) is 14.0. The summed E-state index contributed by atoms with van der Waals surface area (Å²) >= 11 is 15.1. The van der Waals surface area contributed by atoms with E-state index in [-0.39, 0.29) is 10.7 Å². The Kier molecular flexibility index (Phi) is 4.29. The molecule has 0 saturated carbocycles. The molecule has 0 unspecified atom stereocenters. The van der Waals surface area contributed by atoms with Gasteiger partial charge in [-0.2, -0.15) is 0 Å². The summed E-state index contributed by atoms with van der Waals surface area (Å²) in [6.07, 6.45) is 1.38. The number of carbonyl (C=O) groups excluding carboxylic acids is 1. The van der Waals surface area contributed by atoms with E-state index in [0.29, 0.717) is 20.9 Å². The van der Waals surface area contributed by atoms with Crippen LogP contribution in [-0.2, 0) is 0 Å². The Morgan fingerprint density at radius 3 is 2.84 bits per heavy atom. The van der Waals surface area contributed by atoms with Crippen LogP contribution in [-0.4, -0.2) is 10.9 Å². The van der Waals surface area contributed by atoms with Gasteiger partial charge in [0.25, 0.3) is 5.91 Å². The van der Waals surface area contributed by atoms with Crippen molar-refractivity contribution in [1.82, 2.24) is 4.98 Å². The van der Waals surface area contributed by atoms with E-state index >= 15 is 0 Å². The van der Waals surface area contributed by atoms with E-state index in [9.17, 15) is 4.79 Å². The van der Waals surface area contributed by atoms with Crippen LogP contribution >= 0.6 is 39.1 Å². The largest absolute Gasteiger partial charge is 0.397 e. The molecule has 19 heavy (non-hydrogen) atoms. The molecule has 0 aliphatic carbocycles. The first-order chi connectivity index (χ1) is 8.99. The second-order valence-corrected chi connectivity index (χ2v) is 5.22. The number of hydrogen-bond donors (Lipinski definition) is 2. The molecular formula is C12H8BrCl2N3O. The van der Waals surface area contributed by atoms with Crippen molar-refractivity contribution < 1.29 is 4.79 Å². The number of pyridine rings is 1. The predicted octanol–water partition coefficient (Wildman–Crippen LogP) is 3.99. The molecule has 0 fully saturated rings. The van der Waals surface area contributed by atoms with Gasteiger partial charge in [0.1, 0.15) is 5.15 Å². The zero-order valence-electron chi connectivity index (χ0n) is 9.45. The van der Waals surface area contributed by atoms with Crippen molar-refractivity contribution in [3.8, 4) is 0 Å². The van der Waals surface area contributed by atoms with Gasteiger partial charge in [-0.05, 0) is 34.1 Å². The van der Waals surface area contributed by atoms with Gasteiger partial charge in [0.05, 0.1) is 32.6 Å². The molecule has 0 saturated heterocycles. The summed E-state index contributed by atoms with van der Waals surface area (Å²) in [6.45, 7) is 0. The van der Waals surface area contributed by atoms with Crippen molar-refractivity contribution >= 4 is 56.4 Å². The number of nitrogens with two attached hydrogens (primary N) is 1. The Labute approximate surface area is 128 Å². The maximum absolute atomic E-state index is 12.1. The van der Waals surface area contributed by atoms with E-state index in [0.717, 1.165) is 0 Å². The van der Waals surface area contributed by atoms with Gasteiger partial charge in [-0.1, -0.05) is 29.3 Å². The van der Waals surface area contributed by atoms with Crippen molar-refractivity contribution in [3.05, 3.63) is 50.7 Å². The average Bonchev–Trinajstić information content (AvgIpc) is 2.38. The smallest absolute Gasteiger partial charge is 0.258 e. The van der Waals surface area contributed by atoms with Crippen LogP contribution in [0.5, 0.6) is 0 Å². The number of hydrogen-bond acceptors (Lipinski definition) is 3. The Morgan fingerprint density at radius 2 is 2.11 bits per heavy atom. The fraction of sp³-hybridized carbons (Fsp3) is 0. The highest BCUT2D eigenvalue weighted by Crippen LogP contribution is 2.30. The number of carbonyl (C=O) groups is 1. The number of amides is 1. The summed E-state index contributed by atoms with van der Waals surface area (Å²) in [6, 6.07) is 6.60. The molecule has 7 heteroatoms. The molecule has 1 heterocycles. The number of nitrogen functional groups attached to an aromatic ring is 1. The van der Waals surface area contributed by atoms with E-state index < -0.39 is 5.91 Å². The molecule has 1 aromatic carbocycles. The van der Waals surface area contributed by atoms with Crippen LogP contribution < -0.4 is 11.1 Å². The molecule has 0 spiro atoms. The quantitative estimate of drug-likeness (QED) is 0.795. The fourth-order valence-electron chi connectivity index (χ4n) is 1.41. The summed E-state index contributed by atoms with van der Waals surface area (Å²) in [7, 11) is 0. The standard InChI is InChI=1S/C12H8BrCl2N3O/c13-10-8(14)2-1-3-9(10)18-12(19)7-4-6(16)5-17-11(7)15/h1-5H,16H2,(H,18,19). The second-order valence-electron chi connectivity index (χ2n) is 3.66. The Hall–Kier alpha value is -1.30. The Balaban J connectivity index is 2.31. The van der Waals surface area contributed by atoms with Crippen molar-refractivity contribution in [2.75, 3.05) is 11.1 Å². The van der Waals surface area contributed by atoms with E-state index in [4.69, 9.17) is 28.9 Å². The van der Waals surface area contributed by atoms with Gasteiger partial charge in [-0.15, -0.1) is 0 Å². The Bertz CT molecular complexity index is 649. The number of nitrogens with zero attached hydrogens (tertiary/aromatic N) is 1. The monoisotopic (exact) mass is 359 g/mol. The molecule has 2 rings (SSSR count). The topological polar surface area (TPSA) is 68.0 Å². The van der Waals surface area contributed by atoms with Crippen LogP contribution in [0.3, 0.4) is 0 Å². The van der Waals surface area contributed by atoms with Gasteiger partial charge in [-0.25, -0.2) is 4.98 Å². The van der Waals surface area contributed by atoms with E-state index in [1.54, 1.807) is 18.2 Å². The third-order valence-electron chi connectivity index (χ3n) is 2.30. The van der Waals surface area contributed by atoms with Gasteiger partial charge < -0.3 is 11.1 Å². The summed E-state index contributed by atoms with van der Waals surface area (Å²) in [5.41, 5.74) is 6.68. The zero-order valence-corrected chi connectivity index (χ0v) is 12.6. The molecular weight excluding hydrogens is 353 g/mol. The molecule has 1 amide bonds. The first kappa shape index (κ1) is 14.1. The minimum atomic E-state index is -0.409. The summed E-state index contributed by atoms with van der Waals surface area (Å²) in [5.74, 6) is -0.409. The maximum Gasteiger partial charge on any atom is 0.258 e. The van der Waals surface area contributed by atoms with E-state index in [2.05, 4.69) is 26.2 Å². The first-order valence-corrected chi connectivity index (χ1v) is 6.70. The third kappa shape index (κ3) is 3.18. The molecule has 3 N–H and O–H groups in total. The van der Waals surface area contributed by atoms with Gasteiger partial charge in [0, 0.05) is 0 Å². The lowest BCUT2D eigenvalue weighted by Gasteiger charge is -2.09. The average molecular weight is 361 g/mol. The summed E-state index contributed by atoms with van der Waals surface area (Å²) in [4.78, 5) is 15.9. The van der Waals surface area contributed by atoms with Crippen LogP contribution in [0.4, 0.5) is 11.4 Å². The molecule has 0 bridgehead atoms. The number of rotatable bonds is 2. The van der Waals surface area contributed by atoms with Gasteiger partial charge >= 0.3 is 0 Å². The summed E-state index contributed by atoms with van der Waals surface area (Å²) in [5, 5.41) is 3.27. The normalized spacial score (nSPS) is 10.3. The maximum atomic E-state index is 12.1. The van der Waals surface area contributed by atoms with Crippen molar-refractivity contribution in [2.45, 2.75) is 0 Å². The molecule has 0 atom stereocenters. The molecule has 0 radical (unpaired) electrons. The van der Waals surface area contributed by atoms with Gasteiger partial charge in [0.2, 0.25) is 0 Å². The van der Waals surface area contributed by atoms with Crippen LogP contribution in [0.1, 0.15) is 10.4 Å². The molecule has 0 aliphatic heterocycles. The first-order valence-electron chi connectivity index (χ1n) is 5.15.